The molecular weight excluding hydrogens is 340 g/mol. The predicted octanol–water partition coefficient (Wildman–Crippen LogP) is -0.0852. The third-order valence-corrected chi connectivity index (χ3v) is 3.97. The van der Waals surface area contributed by atoms with Crippen molar-refractivity contribution in [3.05, 3.63) is 56.6 Å². The molecule has 3 aromatic rings. The Morgan fingerprint density at radius 2 is 1.88 bits per heavy atom. The molecule has 10 heteroatoms. The summed E-state index contributed by atoms with van der Waals surface area (Å²) in [5.41, 5.74) is 0.206. The van der Waals surface area contributed by atoms with E-state index in [0.29, 0.717) is 16.1 Å². The topological polar surface area (TPSA) is 117 Å². The smallest absolute Gasteiger partial charge is 0.332 e. The van der Waals surface area contributed by atoms with Crippen molar-refractivity contribution >= 4 is 35.2 Å². The number of hydrogen-bond donors (Lipinski definition) is 1. The Morgan fingerprint density at radius 3 is 2.50 bits per heavy atom. The summed E-state index contributed by atoms with van der Waals surface area (Å²) in [6.07, 6.45) is 1.34. The van der Waals surface area contributed by atoms with E-state index in [1.54, 1.807) is 12.1 Å². The summed E-state index contributed by atoms with van der Waals surface area (Å²) in [6, 6.07) is 6.18. The number of amides is 1. The van der Waals surface area contributed by atoms with Gasteiger partial charge in [0.05, 0.1) is 6.33 Å². The van der Waals surface area contributed by atoms with Crippen molar-refractivity contribution in [3.8, 4) is 0 Å². The molecule has 0 unspecified atom stereocenters. The molecule has 26 heavy (non-hydrogen) atoms. The van der Waals surface area contributed by atoms with Gasteiger partial charge in [-0.25, -0.2) is 9.78 Å². The van der Waals surface area contributed by atoms with Gasteiger partial charge in [0.2, 0.25) is 11.6 Å². The molecule has 2 heterocycles. The lowest BCUT2D eigenvalue weighted by Crippen LogP contribution is -2.37. The zero-order valence-corrected chi connectivity index (χ0v) is 14.2. The van der Waals surface area contributed by atoms with Gasteiger partial charge in [-0.05, 0) is 12.1 Å². The molecule has 0 bridgehead atoms. The summed E-state index contributed by atoms with van der Waals surface area (Å²) in [7, 11) is 2.87. The fourth-order valence-electron chi connectivity index (χ4n) is 2.58. The number of carbonyl (C=O) groups excluding carboxylic acids is 1. The first kappa shape index (κ1) is 17.1. The van der Waals surface area contributed by atoms with Crippen LogP contribution in [-0.2, 0) is 25.4 Å². The minimum absolute atomic E-state index is 0.158. The molecule has 0 saturated carbocycles. The van der Waals surface area contributed by atoms with E-state index in [1.807, 2.05) is 0 Å². The lowest BCUT2D eigenvalue weighted by Gasteiger charge is -2.08. The third kappa shape index (κ3) is 2.88. The van der Waals surface area contributed by atoms with Crippen molar-refractivity contribution in [2.45, 2.75) is 6.54 Å². The second-order valence-electron chi connectivity index (χ2n) is 5.72. The van der Waals surface area contributed by atoms with E-state index in [-0.39, 0.29) is 23.6 Å². The number of aromatic nitrogens is 4. The molecule has 10 nitrogen and oxygen atoms in total. The summed E-state index contributed by atoms with van der Waals surface area (Å²) < 4.78 is 4.06. The number of nitrogens with zero attached hydrogens (tertiary/aromatic N) is 5. The predicted molar refractivity (Wildman–Crippen MR) is 95.7 cm³/mol. The molecule has 0 atom stereocenters. The number of anilines is 1. The third-order valence-electron chi connectivity index (χ3n) is 3.97. The molecule has 0 radical (unpaired) electrons. The Balaban J connectivity index is 1.87. The maximum atomic E-state index is 12.3. The van der Waals surface area contributed by atoms with Crippen LogP contribution >= 0.6 is 0 Å². The average molecular weight is 356 g/mol. The van der Waals surface area contributed by atoms with Crippen LogP contribution in [0.25, 0.3) is 11.2 Å². The normalized spacial score (nSPS) is 10.8. The lowest BCUT2D eigenvalue weighted by molar-refractivity contribution is -0.349. The highest BCUT2D eigenvalue weighted by molar-refractivity contribution is 5.91. The highest BCUT2D eigenvalue weighted by Gasteiger charge is 2.16. The molecule has 2 aromatic heterocycles. The molecular formula is C16H16N6O4. The van der Waals surface area contributed by atoms with E-state index >= 15 is 0 Å². The molecule has 3 rings (SSSR count). The van der Waals surface area contributed by atoms with Crippen molar-refractivity contribution in [1.29, 1.82) is 0 Å². The Kier molecular flexibility index (Phi) is 4.16. The van der Waals surface area contributed by atoms with Gasteiger partial charge in [-0.3, -0.25) is 18.7 Å². The van der Waals surface area contributed by atoms with Gasteiger partial charge in [0.15, 0.2) is 11.2 Å². The summed E-state index contributed by atoms with van der Waals surface area (Å²) in [5, 5.41) is 13.7. The standard InChI is InChI=1S/C16H16N6O4/c1-19-14-13(15(24)20(2)16(19)25)22(9-17-14)8-12(23)18-10-4-6-11(7-5-10)21(3)26/h4-7,9H,3,8H2,1-2H3,(H,18,23). The highest BCUT2D eigenvalue weighted by Crippen LogP contribution is 2.15. The molecule has 0 aliphatic heterocycles. The number of benzene rings is 1. The fraction of sp³-hybridized carbons (Fsp3) is 0.188. The van der Waals surface area contributed by atoms with Crippen LogP contribution in [0.3, 0.4) is 0 Å². The van der Waals surface area contributed by atoms with E-state index in [1.165, 1.54) is 41.7 Å². The van der Waals surface area contributed by atoms with E-state index < -0.39 is 11.2 Å². The first-order valence-corrected chi connectivity index (χ1v) is 7.58. The Bertz CT molecular complexity index is 1140. The minimum Gasteiger partial charge on any atom is -0.619 e. The Morgan fingerprint density at radius 1 is 1.23 bits per heavy atom. The van der Waals surface area contributed by atoms with Crippen LogP contribution in [0.1, 0.15) is 0 Å². The molecule has 0 aliphatic rings. The van der Waals surface area contributed by atoms with Gasteiger partial charge < -0.3 is 15.1 Å². The fourth-order valence-corrected chi connectivity index (χ4v) is 2.58. The number of fused-ring (bicyclic) bond motifs is 1. The maximum absolute atomic E-state index is 12.3. The van der Waals surface area contributed by atoms with Crippen molar-refractivity contribution < 1.29 is 9.53 Å². The maximum Gasteiger partial charge on any atom is 0.332 e. The zero-order chi connectivity index (χ0) is 19.0. The van der Waals surface area contributed by atoms with Gasteiger partial charge in [0.25, 0.3) is 5.56 Å². The second-order valence-corrected chi connectivity index (χ2v) is 5.72. The number of rotatable bonds is 4. The molecule has 1 aromatic carbocycles. The number of nitrogens with one attached hydrogen (secondary N) is 1. The van der Waals surface area contributed by atoms with Crippen LogP contribution in [0, 0.1) is 5.21 Å². The van der Waals surface area contributed by atoms with Crippen LogP contribution in [0.5, 0.6) is 0 Å². The van der Waals surface area contributed by atoms with Gasteiger partial charge in [0, 0.05) is 31.9 Å². The molecule has 0 aliphatic carbocycles. The quantitative estimate of drug-likeness (QED) is 0.304. The van der Waals surface area contributed by atoms with Crippen molar-refractivity contribution in [1.82, 2.24) is 18.7 Å². The van der Waals surface area contributed by atoms with Crippen LogP contribution in [-0.4, -0.2) is 36.0 Å². The van der Waals surface area contributed by atoms with E-state index in [2.05, 4.69) is 17.0 Å². The summed E-state index contributed by atoms with van der Waals surface area (Å²) in [4.78, 5) is 40.6. The summed E-state index contributed by atoms with van der Waals surface area (Å²) in [6.45, 7) is 3.07. The first-order valence-electron chi connectivity index (χ1n) is 7.58. The van der Waals surface area contributed by atoms with Crippen LogP contribution in [0.2, 0.25) is 0 Å². The largest absolute Gasteiger partial charge is 0.619 e. The van der Waals surface area contributed by atoms with Gasteiger partial charge in [-0.15, -0.1) is 0 Å². The van der Waals surface area contributed by atoms with Gasteiger partial charge in [0.1, 0.15) is 13.3 Å². The Hall–Kier alpha value is -3.69. The number of hydrogen-bond acceptors (Lipinski definition) is 5. The zero-order valence-electron chi connectivity index (χ0n) is 14.2. The SMILES string of the molecule is C=[N+]([O-])c1ccc(NC(=O)Cn2cnc3c2c(=O)n(C)c(=O)n3C)cc1. The van der Waals surface area contributed by atoms with Gasteiger partial charge in [-0.2, -0.15) is 4.74 Å². The molecule has 1 N–H and O–H groups in total. The van der Waals surface area contributed by atoms with Gasteiger partial charge in [-0.1, -0.05) is 0 Å². The highest BCUT2D eigenvalue weighted by atomic mass is 16.5. The van der Waals surface area contributed by atoms with Crippen molar-refractivity contribution in [2.24, 2.45) is 14.1 Å². The lowest BCUT2D eigenvalue weighted by atomic mass is 10.3. The monoisotopic (exact) mass is 356 g/mol. The first-order chi connectivity index (χ1) is 12.3. The molecule has 134 valence electrons. The summed E-state index contributed by atoms with van der Waals surface area (Å²) in [5.74, 6) is -0.387. The molecule has 0 saturated heterocycles. The number of imidazole rings is 1. The van der Waals surface area contributed by atoms with Crippen molar-refractivity contribution in [3.63, 3.8) is 0 Å². The molecule has 1 amide bonds. The van der Waals surface area contributed by atoms with E-state index in [4.69, 9.17) is 0 Å². The van der Waals surface area contributed by atoms with Crippen molar-refractivity contribution in [2.75, 3.05) is 5.32 Å². The summed E-state index contributed by atoms with van der Waals surface area (Å²) >= 11 is 0. The molecule has 0 spiro atoms. The molecule has 0 fully saturated rings. The second kappa shape index (κ2) is 6.31. The van der Waals surface area contributed by atoms with Crippen LogP contribution in [0.4, 0.5) is 11.4 Å². The Labute approximate surface area is 146 Å². The van der Waals surface area contributed by atoms with Gasteiger partial charge >= 0.3 is 5.69 Å². The average Bonchev–Trinajstić information content (AvgIpc) is 3.02. The van der Waals surface area contributed by atoms with E-state index in [9.17, 15) is 19.6 Å². The van der Waals surface area contributed by atoms with E-state index in [0.717, 1.165) is 4.57 Å². The van der Waals surface area contributed by atoms with Crippen LogP contribution < -0.4 is 16.6 Å². The number of aryl methyl sites for hydroxylation is 1. The number of carbonyl (C=O) groups is 1. The van der Waals surface area contributed by atoms with Crippen LogP contribution in [0.15, 0.2) is 40.2 Å². The minimum atomic E-state index is -0.524.